The molecule has 2 aliphatic heterocycles. The van der Waals surface area contributed by atoms with Crippen LogP contribution in [0, 0.1) is 0 Å². The second-order valence-corrected chi connectivity index (χ2v) is 12.8. The van der Waals surface area contributed by atoms with Gasteiger partial charge >= 0.3 is 11.9 Å². The van der Waals surface area contributed by atoms with E-state index in [2.05, 4.69) is 25.9 Å². The molecule has 52 heavy (non-hydrogen) atoms. The third-order valence-electron chi connectivity index (χ3n) is 9.11. The first-order valence-corrected chi connectivity index (χ1v) is 17.1. The third kappa shape index (κ3) is 10.2. The van der Waals surface area contributed by atoms with Gasteiger partial charge < -0.3 is 58.1 Å². The number of carbonyl (C=O) groups excluding carboxylic acids is 5. The van der Waals surface area contributed by atoms with E-state index in [9.17, 15) is 43.8 Å². The maximum Gasteiger partial charge on any atom is 0.326 e. The van der Waals surface area contributed by atoms with E-state index in [0.717, 1.165) is 10.9 Å². The Hall–Kier alpha value is -5.72. The van der Waals surface area contributed by atoms with Gasteiger partial charge in [0.05, 0.1) is 19.0 Å². The molecule has 1 aromatic carbocycles. The predicted molar refractivity (Wildman–Crippen MR) is 186 cm³/mol. The van der Waals surface area contributed by atoms with Crippen LogP contribution in [0.3, 0.4) is 0 Å². The number of carboxylic acids is 2. The third-order valence-corrected chi connectivity index (χ3v) is 9.11. The Balaban J connectivity index is 1.39. The number of aromatic amines is 1. The van der Waals surface area contributed by atoms with Crippen molar-refractivity contribution in [3.63, 3.8) is 0 Å². The highest BCUT2D eigenvalue weighted by Crippen LogP contribution is 2.23. The Kier molecular flexibility index (Phi) is 13.5. The molecule has 2 saturated heterocycles. The van der Waals surface area contributed by atoms with Gasteiger partial charge in [-0.15, -0.1) is 0 Å². The van der Waals surface area contributed by atoms with Crippen molar-refractivity contribution in [3.05, 3.63) is 36.0 Å². The summed E-state index contributed by atoms with van der Waals surface area (Å²) in [6, 6.07) is 1.54. The molecule has 0 bridgehead atoms. The van der Waals surface area contributed by atoms with Crippen LogP contribution in [0.5, 0.6) is 0 Å². The number of para-hydroxylation sites is 1. The molecule has 4 rings (SSSR count). The standard InChI is InChI=1S/C33H46N10O9/c34-20(7-3-11-37-33(35)36)30(49)42-12-4-9-24(42)29(48)41-22(15-27(45)46)28(47)39-17-26(44)40-23(31(50)43-13-5-10-25(43)32(51)52)14-18-16-38-21-8-2-1-6-19(18)21/h1-2,6,8,16,20,22-25,38H,3-5,7,9-15,17,34H2,(H,39,47)(H,40,44)(H,41,48)(H,45,46)(H,51,52)(H4,35,36,37). The fourth-order valence-electron chi connectivity index (χ4n) is 6.55. The number of guanidine groups is 1. The molecule has 2 fully saturated rings. The molecule has 0 spiro atoms. The Morgan fingerprint density at radius 3 is 2.27 bits per heavy atom. The lowest BCUT2D eigenvalue weighted by molar-refractivity contribution is -0.149. The fraction of sp³-hybridized carbons (Fsp3) is 0.515. The minimum absolute atomic E-state index is 0.0135. The van der Waals surface area contributed by atoms with E-state index in [1.165, 1.54) is 9.80 Å². The van der Waals surface area contributed by atoms with Crippen LogP contribution >= 0.6 is 0 Å². The molecule has 2 aromatic rings. The van der Waals surface area contributed by atoms with Gasteiger partial charge in [-0.2, -0.15) is 0 Å². The van der Waals surface area contributed by atoms with Gasteiger partial charge in [0.15, 0.2) is 5.96 Å². The van der Waals surface area contributed by atoms with Gasteiger partial charge in [0, 0.05) is 43.2 Å². The molecule has 2 aliphatic rings. The molecule has 3 heterocycles. The molecule has 0 saturated carbocycles. The zero-order valence-electron chi connectivity index (χ0n) is 28.6. The first kappa shape index (κ1) is 39.1. The normalized spacial score (nSPS) is 18.6. The van der Waals surface area contributed by atoms with Crippen LogP contribution in [0.15, 0.2) is 35.5 Å². The van der Waals surface area contributed by atoms with Crippen LogP contribution in [0.25, 0.3) is 10.9 Å². The average molecular weight is 727 g/mol. The Labute approximate surface area is 298 Å². The van der Waals surface area contributed by atoms with E-state index in [-0.39, 0.29) is 51.3 Å². The van der Waals surface area contributed by atoms with Crippen molar-refractivity contribution in [2.45, 2.75) is 81.6 Å². The van der Waals surface area contributed by atoms with E-state index < -0.39 is 84.6 Å². The SMILES string of the molecule is NC(N)=NCCCC(N)C(=O)N1CCCC1C(=O)NC(CC(=O)O)C(=O)NCC(=O)NC(Cc1c[nH]c2ccccc12)C(=O)N1CCCC1C(=O)O. The largest absolute Gasteiger partial charge is 0.481 e. The number of nitrogens with two attached hydrogens (primary N) is 3. The number of carboxylic acid groups (broad SMARTS) is 2. The van der Waals surface area contributed by atoms with E-state index in [1.54, 1.807) is 6.20 Å². The van der Waals surface area contributed by atoms with Gasteiger partial charge in [-0.25, -0.2) is 4.79 Å². The van der Waals surface area contributed by atoms with Crippen molar-refractivity contribution in [2.24, 2.45) is 22.2 Å². The average Bonchev–Trinajstić information content (AvgIpc) is 3.88. The van der Waals surface area contributed by atoms with Crippen molar-refractivity contribution >= 4 is 58.3 Å². The van der Waals surface area contributed by atoms with Crippen LogP contribution in [-0.4, -0.2) is 129 Å². The van der Waals surface area contributed by atoms with Crippen LogP contribution < -0.4 is 33.2 Å². The number of aliphatic carboxylic acids is 2. The highest BCUT2D eigenvalue weighted by molar-refractivity contribution is 5.97. The molecule has 0 radical (unpaired) electrons. The van der Waals surface area contributed by atoms with Crippen LogP contribution in [0.4, 0.5) is 0 Å². The Bertz CT molecular complexity index is 1690. The maximum absolute atomic E-state index is 13.7. The predicted octanol–water partition coefficient (Wildman–Crippen LogP) is -2.28. The summed E-state index contributed by atoms with van der Waals surface area (Å²) in [4.78, 5) is 99.3. The summed E-state index contributed by atoms with van der Waals surface area (Å²) in [6.07, 6.45) is 3.03. The Morgan fingerprint density at radius 1 is 0.923 bits per heavy atom. The van der Waals surface area contributed by atoms with Crippen LogP contribution in [0.2, 0.25) is 0 Å². The lowest BCUT2D eigenvalue weighted by Gasteiger charge is -2.28. The number of fused-ring (bicyclic) bond motifs is 1. The van der Waals surface area contributed by atoms with Gasteiger partial charge in [-0.05, 0) is 50.2 Å². The number of hydrogen-bond acceptors (Lipinski definition) is 9. The van der Waals surface area contributed by atoms with Crippen molar-refractivity contribution < 1.29 is 43.8 Å². The second-order valence-electron chi connectivity index (χ2n) is 12.8. The van der Waals surface area contributed by atoms with Gasteiger partial charge in [-0.1, -0.05) is 18.2 Å². The quantitative estimate of drug-likeness (QED) is 0.0473. The maximum atomic E-state index is 13.7. The number of benzene rings is 1. The summed E-state index contributed by atoms with van der Waals surface area (Å²) in [5.74, 6) is -6.29. The summed E-state index contributed by atoms with van der Waals surface area (Å²) in [7, 11) is 0. The van der Waals surface area contributed by atoms with Crippen molar-refractivity contribution in [1.82, 2.24) is 30.7 Å². The summed E-state index contributed by atoms with van der Waals surface area (Å²) in [5.41, 5.74) is 18.2. The number of nitrogens with zero attached hydrogens (tertiary/aromatic N) is 3. The van der Waals surface area contributed by atoms with Crippen LogP contribution in [0.1, 0.15) is 50.5 Å². The number of H-pyrrole nitrogens is 1. The molecule has 0 aliphatic carbocycles. The van der Waals surface area contributed by atoms with E-state index in [4.69, 9.17) is 17.2 Å². The van der Waals surface area contributed by atoms with Crippen molar-refractivity contribution in [2.75, 3.05) is 26.2 Å². The highest BCUT2D eigenvalue weighted by atomic mass is 16.4. The van der Waals surface area contributed by atoms with Crippen molar-refractivity contribution in [1.29, 1.82) is 0 Å². The molecule has 19 heteroatoms. The number of aromatic nitrogens is 1. The lowest BCUT2D eigenvalue weighted by atomic mass is 10.0. The fourth-order valence-corrected chi connectivity index (χ4v) is 6.55. The minimum atomic E-state index is -1.60. The first-order chi connectivity index (χ1) is 24.8. The zero-order chi connectivity index (χ0) is 37.9. The minimum Gasteiger partial charge on any atom is -0.481 e. The summed E-state index contributed by atoms with van der Waals surface area (Å²) in [6.45, 7) is 0.00577. The number of nitrogens with one attached hydrogen (secondary N) is 4. The monoisotopic (exact) mass is 726 g/mol. The first-order valence-electron chi connectivity index (χ1n) is 17.1. The molecule has 5 unspecified atom stereocenters. The molecule has 5 amide bonds. The lowest BCUT2D eigenvalue weighted by Crippen LogP contribution is -2.57. The molecule has 282 valence electrons. The van der Waals surface area contributed by atoms with Crippen LogP contribution in [-0.2, 0) is 40.0 Å². The van der Waals surface area contributed by atoms with E-state index in [1.807, 2.05) is 24.3 Å². The molecule has 19 nitrogen and oxygen atoms in total. The number of aliphatic imine (C=N–C) groups is 1. The smallest absolute Gasteiger partial charge is 0.326 e. The van der Waals surface area contributed by atoms with Gasteiger partial charge in [-0.3, -0.25) is 33.8 Å². The van der Waals surface area contributed by atoms with E-state index >= 15 is 0 Å². The number of amides is 5. The van der Waals surface area contributed by atoms with E-state index in [0.29, 0.717) is 24.8 Å². The summed E-state index contributed by atoms with van der Waals surface area (Å²) >= 11 is 0. The number of hydrogen-bond donors (Lipinski definition) is 9. The van der Waals surface area contributed by atoms with Gasteiger partial charge in [0.25, 0.3) is 0 Å². The number of carbonyl (C=O) groups is 7. The summed E-state index contributed by atoms with van der Waals surface area (Å²) in [5, 5.41) is 27.3. The molecule has 12 N–H and O–H groups in total. The number of rotatable bonds is 17. The Morgan fingerprint density at radius 2 is 1.60 bits per heavy atom. The van der Waals surface area contributed by atoms with Crippen molar-refractivity contribution in [3.8, 4) is 0 Å². The zero-order valence-corrected chi connectivity index (χ0v) is 28.6. The van der Waals surface area contributed by atoms with Gasteiger partial charge in [0.1, 0.15) is 24.2 Å². The summed E-state index contributed by atoms with van der Waals surface area (Å²) < 4.78 is 0. The topological polar surface area (TPSA) is 309 Å². The van der Waals surface area contributed by atoms with Gasteiger partial charge in [0.2, 0.25) is 29.5 Å². The molecule has 5 atom stereocenters. The molecule has 1 aromatic heterocycles. The second kappa shape index (κ2) is 18.0. The molecular weight excluding hydrogens is 680 g/mol. The molecular formula is C33H46N10O9. The number of likely N-dealkylation sites (tertiary alicyclic amines) is 2. The highest BCUT2D eigenvalue weighted by Gasteiger charge is 2.39.